The monoisotopic (exact) mass is 187 g/mol. The first-order chi connectivity index (χ1) is 6.02. The molecule has 3 nitrogen and oxygen atoms in total. The summed E-state index contributed by atoms with van der Waals surface area (Å²) in [4.78, 5) is 0. The average Bonchev–Trinajstić information content (AvgIpc) is 2.05. The van der Waals surface area contributed by atoms with E-state index < -0.39 is 11.1 Å². The van der Waals surface area contributed by atoms with Crippen LogP contribution in [0.1, 0.15) is 39.5 Å². The molecular weight excluding hydrogens is 166 g/mol. The fourth-order valence-electron chi connectivity index (χ4n) is 2.03. The van der Waals surface area contributed by atoms with E-state index in [1.807, 2.05) is 6.92 Å². The van der Waals surface area contributed by atoms with Crippen LogP contribution in [-0.2, 0) is 4.74 Å². The molecule has 0 aromatic carbocycles. The van der Waals surface area contributed by atoms with Crippen molar-refractivity contribution >= 4 is 0 Å². The van der Waals surface area contributed by atoms with Crippen LogP contribution in [0.25, 0.3) is 0 Å². The number of nitrogens with two attached hydrogens (primary N) is 1. The maximum atomic E-state index is 10.3. The van der Waals surface area contributed by atoms with Crippen LogP contribution in [0.3, 0.4) is 0 Å². The number of rotatable bonds is 3. The van der Waals surface area contributed by atoms with E-state index in [4.69, 9.17) is 10.5 Å². The van der Waals surface area contributed by atoms with Gasteiger partial charge in [-0.2, -0.15) is 0 Å². The molecular formula is C10H21NO2. The van der Waals surface area contributed by atoms with E-state index in [1.165, 1.54) is 0 Å². The van der Waals surface area contributed by atoms with Gasteiger partial charge in [0.05, 0.1) is 5.60 Å². The first kappa shape index (κ1) is 11.0. The summed E-state index contributed by atoms with van der Waals surface area (Å²) in [5.41, 5.74) is 4.94. The summed E-state index contributed by atoms with van der Waals surface area (Å²) in [6.45, 7) is 5.30. The van der Waals surface area contributed by atoms with Crippen molar-refractivity contribution in [3.05, 3.63) is 0 Å². The first-order valence-electron chi connectivity index (χ1n) is 5.11. The maximum absolute atomic E-state index is 10.3. The lowest BCUT2D eigenvalue weighted by molar-refractivity contribution is -0.107. The molecule has 0 aromatic rings. The van der Waals surface area contributed by atoms with E-state index in [2.05, 4.69) is 6.92 Å². The number of hydrogen-bond donors (Lipinski definition) is 2. The lowest BCUT2D eigenvalue weighted by atomic mass is 9.74. The van der Waals surface area contributed by atoms with Gasteiger partial charge in [-0.15, -0.1) is 0 Å². The molecule has 1 unspecified atom stereocenters. The van der Waals surface area contributed by atoms with Gasteiger partial charge < -0.3 is 15.6 Å². The Morgan fingerprint density at radius 1 is 1.46 bits per heavy atom. The smallest absolute Gasteiger partial charge is 0.0867 e. The highest BCUT2D eigenvalue weighted by Gasteiger charge is 2.44. The van der Waals surface area contributed by atoms with Crippen LogP contribution < -0.4 is 5.73 Å². The van der Waals surface area contributed by atoms with Gasteiger partial charge in [0.2, 0.25) is 0 Å². The van der Waals surface area contributed by atoms with Crippen LogP contribution in [-0.4, -0.2) is 29.5 Å². The van der Waals surface area contributed by atoms with Crippen LogP contribution >= 0.6 is 0 Å². The molecule has 78 valence electrons. The Balaban J connectivity index is 2.64. The predicted molar refractivity (Wildman–Crippen MR) is 52.5 cm³/mol. The Labute approximate surface area is 80.3 Å². The SMILES string of the molecule is CCCC(C)(N)C1(O)CCOCC1. The normalized spacial score (nSPS) is 26.8. The molecule has 1 atom stereocenters. The maximum Gasteiger partial charge on any atom is 0.0867 e. The van der Waals surface area contributed by atoms with E-state index in [9.17, 15) is 5.11 Å². The fourth-order valence-corrected chi connectivity index (χ4v) is 2.03. The van der Waals surface area contributed by atoms with Crippen molar-refractivity contribution in [1.29, 1.82) is 0 Å². The zero-order chi connectivity index (χ0) is 9.95. The predicted octanol–water partition coefficient (Wildman–Crippen LogP) is 1.05. The Kier molecular flexibility index (Phi) is 3.33. The van der Waals surface area contributed by atoms with E-state index in [-0.39, 0.29) is 0 Å². The number of ether oxygens (including phenoxy) is 1. The molecule has 13 heavy (non-hydrogen) atoms. The summed E-state index contributed by atoms with van der Waals surface area (Å²) in [6, 6.07) is 0. The standard InChI is InChI=1S/C10H21NO2/c1-3-4-9(2,11)10(12)5-7-13-8-6-10/h12H,3-8,11H2,1-2H3. The van der Waals surface area contributed by atoms with Gasteiger partial charge in [0, 0.05) is 31.6 Å². The molecule has 0 spiro atoms. The minimum absolute atomic E-state index is 0.467. The fraction of sp³-hybridized carbons (Fsp3) is 1.00. The molecule has 0 saturated carbocycles. The minimum Gasteiger partial charge on any atom is -0.388 e. The Hall–Kier alpha value is -0.120. The largest absolute Gasteiger partial charge is 0.388 e. The second kappa shape index (κ2) is 3.95. The molecule has 0 amide bonds. The third-order valence-electron chi connectivity index (χ3n) is 3.15. The van der Waals surface area contributed by atoms with E-state index >= 15 is 0 Å². The lowest BCUT2D eigenvalue weighted by Crippen LogP contribution is -2.60. The summed E-state index contributed by atoms with van der Waals surface area (Å²) in [6.07, 6.45) is 3.21. The number of aliphatic hydroxyl groups is 1. The third-order valence-corrected chi connectivity index (χ3v) is 3.15. The van der Waals surface area contributed by atoms with Gasteiger partial charge in [0.1, 0.15) is 0 Å². The molecule has 1 rings (SSSR count). The van der Waals surface area contributed by atoms with Crippen molar-refractivity contribution in [3.8, 4) is 0 Å². The summed E-state index contributed by atoms with van der Waals surface area (Å²) in [7, 11) is 0. The van der Waals surface area contributed by atoms with Gasteiger partial charge in [-0.1, -0.05) is 13.3 Å². The van der Waals surface area contributed by atoms with Gasteiger partial charge in [0.15, 0.2) is 0 Å². The highest BCUT2D eigenvalue weighted by molar-refractivity contribution is 5.01. The molecule has 0 aromatic heterocycles. The first-order valence-corrected chi connectivity index (χ1v) is 5.11. The topological polar surface area (TPSA) is 55.5 Å². The van der Waals surface area contributed by atoms with Gasteiger partial charge in [-0.25, -0.2) is 0 Å². The third kappa shape index (κ3) is 2.22. The molecule has 1 aliphatic heterocycles. The molecule has 0 bridgehead atoms. The number of hydrogen-bond acceptors (Lipinski definition) is 3. The van der Waals surface area contributed by atoms with Crippen LogP contribution in [0, 0.1) is 0 Å². The molecule has 0 radical (unpaired) electrons. The molecule has 3 heteroatoms. The Morgan fingerprint density at radius 3 is 2.46 bits per heavy atom. The quantitative estimate of drug-likeness (QED) is 0.694. The summed E-state index contributed by atoms with van der Waals surface area (Å²) in [5.74, 6) is 0. The zero-order valence-corrected chi connectivity index (χ0v) is 8.68. The van der Waals surface area contributed by atoms with Crippen LogP contribution in [0.5, 0.6) is 0 Å². The van der Waals surface area contributed by atoms with Crippen LogP contribution in [0.4, 0.5) is 0 Å². The van der Waals surface area contributed by atoms with Gasteiger partial charge in [-0.3, -0.25) is 0 Å². The van der Waals surface area contributed by atoms with Crippen molar-refractivity contribution in [1.82, 2.24) is 0 Å². The Morgan fingerprint density at radius 2 is 2.00 bits per heavy atom. The van der Waals surface area contributed by atoms with Crippen molar-refractivity contribution in [2.75, 3.05) is 13.2 Å². The van der Waals surface area contributed by atoms with Crippen molar-refractivity contribution in [2.45, 2.75) is 50.7 Å². The van der Waals surface area contributed by atoms with Crippen molar-refractivity contribution in [3.63, 3.8) is 0 Å². The molecule has 1 aliphatic rings. The van der Waals surface area contributed by atoms with Crippen LogP contribution in [0.2, 0.25) is 0 Å². The molecule has 0 aliphatic carbocycles. The van der Waals surface area contributed by atoms with Crippen molar-refractivity contribution in [2.24, 2.45) is 5.73 Å². The Bertz CT molecular complexity index is 162. The average molecular weight is 187 g/mol. The molecule has 1 saturated heterocycles. The summed E-state index contributed by atoms with van der Waals surface area (Å²) in [5, 5.41) is 10.3. The second-order valence-corrected chi connectivity index (χ2v) is 4.31. The van der Waals surface area contributed by atoms with Gasteiger partial charge >= 0.3 is 0 Å². The highest BCUT2D eigenvalue weighted by Crippen LogP contribution is 2.33. The van der Waals surface area contributed by atoms with Crippen molar-refractivity contribution < 1.29 is 9.84 Å². The highest BCUT2D eigenvalue weighted by atomic mass is 16.5. The zero-order valence-electron chi connectivity index (χ0n) is 8.68. The molecule has 3 N–H and O–H groups in total. The summed E-state index contributed by atoms with van der Waals surface area (Å²) >= 11 is 0. The molecule has 1 fully saturated rings. The van der Waals surface area contributed by atoms with E-state index in [1.54, 1.807) is 0 Å². The minimum atomic E-state index is -0.721. The lowest BCUT2D eigenvalue weighted by Gasteiger charge is -2.44. The van der Waals surface area contributed by atoms with E-state index in [0.717, 1.165) is 12.8 Å². The molecule has 1 heterocycles. The van der Waals surface area contributed by atoms with Gasteiger partial charge in [-0.05, 0) is 13.3 Å². The summed E-state index contributed by atoms with van der Waals surface area (Å²) < 4.78 is 5.22. The van der Waals surface area contributed by atoms with Gasteiger partial charge in [0.25, 0.3) is 0 Å². The van der Waals surface area contributed by atoms with Crippen LogP contribution in [0.15, 0.2) is 0 Å². The van der Waals surface area contributed by atoms with E-state index in [0.29, 0.717) is 26.1 Å². The second-order valence-electron chi connectivity index (χ2n) is 4.31.